The maximum atomic E-state index is 11.9. The zero-order valence-corrected chi connectivity index (χ0v) is 9.63. The quantitative estimate of drug-likeness (QED) is 0.721. The van der Waals surface area contributed by atoms with E-state index in [1.54, 1.807) is 17.2 Å². The number of aliphatic hydroxyl groups excluding tert-OH is 1. The molecule has 16 heavy (non-hydrogen) atoms. The summed E-state index contributed by atoms with van der Waals surface area (Å²) >= 11 is 0. The molecule has 0 radical (unpaired) electrons. The number of nitrogens with two attached hydrogens (primary N) is 1. The second-order valence-electron chi connectivity index (χ2n) is 3.84. The third kappa shape index (κ3) is 3.23. The molecule has 1 aromatic rings. The lowest BCUT2D eigenvalue weighted by Crippen LogP contribution is -2.41. The number of carbonyl (C=O) groups excluding carboxylic acids is 1. The molecule has 1 rings (SSSR count). The number of anilines is 1. The second-order valence-corrected chi connectivity index (χ2v) is 3.84. The van der Waals surface area contributed by atoms with Crippen molar-refractivity contribution < 1.29 is 9.90 Å². The van der Waals surface area contributed by atoms with E-state index in [9.17, 15) is 4.79 Å². The van der Waals surface area contributed by atoms with Gasteiger partial charge in [-0.25, -0.2) is 0 Å². The zero-order chi connectivity index (χ0) is 12.1. The van der Waals surface area contributed by atoms with Crippen LogP contribution in [0.5, 0.6) is 0 Å². The van der Waals surface area contributed by atoms with Crippen LogP contribution in [-0.4, -0.2) is 44.9 Å². The van der Waals surface area contributed by atoms with E-state index in [1.807, 2.05) is 13.8 Å². The smallest absolute Gasteiger partial charge is 0.244 e. The molecule has 0 spiro atoms. The predicted octanol–water partition coefficient (Wildman–Crippen LogP) is -0.305. The van der Waals surface area contributed by atoms with Crippen molar-refractivity contribution in [3.05, 3.63) is 12.3 Å². The fourth-order valence-corrected chi connectivity index (χ4v) is 1.47. The third-order valence-corrected chi connectivity index (χ3v) is 2.24. The average molecular weight is 226 g/mol. The van der Waals surface area contributed by atoms with Gasteiger partial charge in [0.05, 0.1) is 6.61 Å². The summed E-state index contributed by atoms with van der Waals surface area (Å²) in [5.41, 5.74) is 5.45. The summed E-state index contributed by atoms with van der Waals surface area (Å²) in [6.07, 6.45) is 1.66. The van der Waals surface area contributed by atoms with Crippen LogP contribution in [0.1, 0.15) is 13.8 Å². The SMILES string of the molecule is CC(C)N(CCO)C(=O)Cn1ccc(N)n1. The summed E-state index contributed by atoms with van der Waals surface area (Å²) in [5, 5.41) is 12.8. The van der Waals surface area contributed by atoms with Crippen LogP contribution in [0.4, 0.5) is 5.82 Å². The van der Waals surface area contributed by atoms with Gasteiger partial charge in [-0.2, -0.15) is 5.10 Å². The van der Waals surface area contributed by atoms with Crippen LogP contribution < -0.4 is 5.73 Å². The number of carbonyl (C=O) groups is 1. The summed E-state index contributed by atoms with van der Waals surface area (Å²) in [4.78, 5) is 13.5. The molecule has 1 heterocycles. The molecule has 0 aliphatic carbocycles. The number of hydrogen-bond acceptors (Lipinski definition) is 4. The van der Waals surface area contributed by atoms with E-state index in [1.165, 1.54) is 4.68 Å². The lowest BCUT2D eigenvalue weighted by Gasteiger charge is -2.25. The van der Waals surface area contributed by atoms with Gasteiger partial charge < -0.3 is 15.7 Å². The predicted molar refractivity (Wildman–Crippen MR) is 60.6 cm³/mol. The van der Waals surface area contributed by atoms with Crippen LogP contribution in [-0.2, 0) is 11.3 Å². The van der Waals surface area contributed by atoms with E-state index in [-0.39, 0.29) is 25.1 Å². The molecule has 0 bridgehead atoms. The highest BCUT2D eigenvalue weighted by atomic mass is 16.3. The van der Waals surface area contributed by atoms with E-state index in [2.05, 4.69) is 5.10 Å². The zero-order valence-electron chi connectivity index (χ0n) is 9.63. The molecule has 0 atom stereocenters. The molecule has 0 fully saturated rings. The van der Waals surface area contributed by atoms with Crippen molar-refractivity contribution in [3.8, 4) is 0 Å². The minimum atomic E-state index is -0.0767. The number of nitrogens with zero attached hydrogens (tertiary/aromatic N) is 3. The fourth-order valence-electron chi connectivity index (χ4n) is 1.47. The Morgan fingerprint density at radius 1 is 1.69 bits per heavy atom. The molecule has 0 unspecified atom stereocenters. The maximum absolute atomic E-state index is 11.9. The highest BCUT2D eigenvalue weighted by molar-refractivity contribution is 5.76. The summed E-state index contributed by atoms with van der Waals surface area (Å²) in [6.45, 7) is 4.27. The summed E-state index contributed by atoms with van der Waals surface area (Å²) in [6, 6.07) is 1.70. The molecule has 3 N–H and O–H groups in total. The molecule has 90 valence electrons. The normalized spacial score (nSPS) is 10.8. The molecule has 0 saturated carbocycles. The lowest BCUT2D eigenvalue weighted by molar-refractivity contribution is -0.134. The van der Waals surface area contributed by atoms with Crippen molar-refractivity contribution in [2.24, 2.45) is 0 Å². The monoisotopic (exact) mass is 226 g/mol. The Morgan fingerprint density at radius 3 is 2.81 bits per heavy atom. The highest BCUT2D eigenvalue weighted by Gasteiger charge is 2.16. The first-order valence-electron chi connectivity index (χ1n) is 5.24. The Labute approximate surface area is 94.6 Å². The van der Waals surface area contributed by atoms with E-state index in [4.69, 9.17) is 10.8 Å². The van der Waals surface area contributed by atoms with Crippen molar-refractivity contribution >= 4 is 11.7 Å². The van der Waals surface area contributed by atoms with Gasteiger partial charge in [-0.1, -0.05) is 0 Å². The fraction of sp³-hybridized carbons (Fsp3) is 0.600. The van der Waals surface area contributed by atoms with Crippen LogP contribution in [0, 0.1) is 0 Å². The van der Waals surface area contributed by atoms with Gasteiger partial charge in [0, 0.05) is 18.8 Å². The van der Waals surface area contributed by atoms with Crippen LogP contribution in [0.25, 0.3) is 0 Å². The number of nitrogen functional groups attached to an aromatic ring is 1. The molecular formula is C10H18N4O2. The van der Waals surface area contributed by atoms with Crippen molar-refractivity contribution in [3.63, 3.8) is 0 Å². The van der Waals surface area contributed by atoms with Crippen LogP contribution in [0.2, 0.25) is 0 Å². The van der Waals surface area contributed by atoms with Gasteiger partial charge in [0.2, 0.25) is 5.91 Å². The molecule has 0 aliphatic rings. The van der Waals surface area contributed by atoms with Gasteiger partial charge >= 0.3 is 0 Å². The third-order valence-electron chi connectivity index (χ3n) is 2.24. The second kappa shape index (κ2) is 5.50. The van der Waals surface area contributed by atoms with Gasteiger partial charge in [-0.05, 0) is 19.9 Å². The molecular weight excluding hydrogens is 208 g/mol. The van der Waals surface area contributed by atoms with E-state index in [0.717, 1.165) is 0 Å². The Hall–Kier alpha value is -1.56. The lowest BCUT2D eigenvalue weighted by atomic mass is 10.3. The van der Waals surface area contributed by atoms with Gasteiger partial charge in [0.15, 0.2) is 0 Å². The Morgan fingerprint density at radius 2 is 2.38 bits per heavy atom. The van der Waals surface area contributed by atoms with Crippen molar-refractivity contribution in [1.82, 2.24) is 14.7 Å². The average Bonchev–Trinajstić information content (AvgIpc) is 2.59. The van der Waals surface area contributed by atoms with Gasteiger partial charge in [0.25, 0.3) is 0 Å². The molecule has 6 heteroatoms. The minimum absolute atomic E-state index is 0.0365. The van der Waals surface area contributed by atoms with E-state index >= 15 is 0 Å². The van der Waals surface area contributed by atoms with Crippen LogP contribution in [0.15, 0.2) is 12.3 Å². The van der Waals surface area contributed by atoms with Crippen molar-refractivity contribution in [2.45, 2.75) is 26.4 Å². The number of aromatic nitrogens is 2. The van der Waals surface area contributed by atoms with E-state index < -0.39 is 0 Å². The molecule has 1 aromatic heterocycles. The molecule has 0 aromatic carbocycles. The number of amides is 1. The molecule has 0 saturated heterocycles. The first-order chi connectivity index (χ1) is 7.54. The number of rotatable bonds is 5. The molecule has 1 amide bonds. The standard InChI is InChI=1S/C10H18N4O2/c1-8(2)14(5-6-15)10(16)7-13-4-3-9(11)12-13/h3-4,8,15H,5-7H2,1-2H3,(H2,11,12). The van der Waals surface area contributed by atoms with Gasteiger partial charge in [-0.3, -0.25) is 9.48 Å². The first-order valence-corrected chi connectivity index (χ1v) is 5.24. The largest absolute Gasteiger partial charge is 0.395 e. The maximum Gasteiger partial charge on any atom is 0.244 e. The Bertz CT molecular complexity index is 348. The Balaban J connectivity index is 2.61. The summed E-state index contributed by atoms with van der Waals surface area (Å²) < 4.78 is 1.49. The minimum Gasteiger partial charge on any atom is -0.395 e. The van der Waals surface area contributed by atoms with Crippen LogP contribution >= 0.6 is 0 Å². The molecule has 0 aliphatic heterocycles. The first kappa shape index (κ1) is 12.5. The van der Waals surface area contributed by atoms with Gasteiger partial charge in [-0.15, -0.1) is 0 Å². The Kier molecular flexibility index (Phi) is 4.30. The van der Waals surface area contributed by atoms with E-state index in [0.29, 0.717) is 12.4 Å². The number of aliphatic hydroxyl groups is 1. The topological polar surface area (TPSA) is 84.4 Å². The summed E-state index contributed by atoms with van der Waals surface area (Å²) in [5.74, 6) is 0.318. The highest BCUT2D eigenvalue weighted by Crippen LogP contribution is 2.02. The molecule has 6 nitrogen and oxygen atoms in total. The van der Waals surface area contributed by atoms with Crippen LogP contribution in [0.3, 0.4) is 0 Å². The van der Waals surface area contributed by atoms with Crippen molar-refractivity contribution in [1.29, 1.82) is 0 Å². The van der Waals surface area contributed by atoms with Crippen molar-refractivity contribution in [2.75, 3.05) is 18.9 Å². The number of hydrogen-bond donors (Lipinski definition) is 2. The van der Waals surface area contributed by atoms with Gasteiger partial charge in [0.1, 0.15) is 12.4 Å². The summed E-state index contributed by atoms with van der Waals surface area (Å²) in [7, 11) is 0.